The third-order valence-corrected chi connectivity index (χ3v) is 4.12. The molecule has 0 atom stereocenters. The van der Waals surface area contributed by atoms with Gasteiger partial charge in [0.25, 0.3) is 0 Å². The first-order chi connectivity index (χ1) is 11.7. The number of rotatable bonds is 13. The predicted molar refractivity (Wildman–Crippen MR) is 96.5 cm³/mol. The number of ether oxygens (including phenoxy) is 2. The highest BCUT2D eigenvalue weighted by molar-refractivity contribution is 5.69. The Morgan fingerprint density at radius 1 is 1.04 bits per heavy atom. The molecule has 1 N–H and O–H groups in total. The Bertz CT molecular complexity index is 471. The molecule has 4 heteroatoms. The number of unbranched alkanes of at least 4 members (excludes halogenated alkanes) is 7. The van der Waals surface area contributed by atoms with E-state index >= 15 is 0 Å². The molecule has 1 aromatic carbocycles. The Hall–Kier alpha value is -1.71. The van der Waals surface area contributed by atoms with E-state index in [-0.39, 0.29) is 11.7 Å². The molecule has 0 unspecified atom stereocenters. The molecule has 0 amide bonds. The molecule has 4 nitrogen and oxygen atoms in total. The summed E-state index contributed by atoms with van der Waals surface area (Å²) in [6.07, 6.45) is 10.8. The summed E-state index contributed by atoms with van der Waals surface area (Å²) in [7, 11) is 1.51. The molecule has 0 spiro atoms. The van der Waals surface area contributed by atoms with Crippen molar-refractivity contribution in [2.24, 2.45) is 0 Å². The summed E-state index contributed by atoms with van der Waals surface area (Å²) < 4.78 is 10.3. The normalized spacial score (nSPS) is 10.6. The summed E-state index contributed by atoms with van der Waals surface area (Å²) in [6.45, 7) is 2.75. The number of phenolic OH excluding ortho intramolecular Hbond substituents is 1. The number of carbonyl (C=O) groups excluding carboxylic acids is 1. The van der Waals surface area contributed by atoms with E-state index in [2.05, 4.69) is 6.92 Å². The van der Waals surface area contributed by atoms with Crippen molar-refractivity contribution in [2.75, 3.05) is 13.7 Å². The number of aryl methyl sites for hydroxylation is 1. The largest absolute Gasteiger partial charge is 0.504 e. The van der Waals surface area contributed by atoms with Gasteiger partial charge in [0.2, 0.25) is 0 Å². The van der Waals surface area contributed by atoms with Crippen LogP contribution in [0.2, 0.25) is 0 Å². The van der Waals surface area contributed by atoms with Crippen LogP contribution in [-0.2, 0) is 16.0 Å². The Kier molecular flexibility index (Phi) is 10.7. The van der Waals surface area contributed by atoms with Crippen molar-refractivity contribution in [1.82, 2.24) is 0 Å². The van der Waals surface area contributed by atoms with Crippen LogP contribution in [-0.4, -0.2) is 24.8 Å². The first-order valence-electron chi connectivity index (χ1n) is 9.19. The third kappa shape index (κ3) is 8.80. The van der Waals surface area contributed by atoms with Crippen molar-refractivity contribution < 1.29 is 19.4 Å². The summed E-state index contributed by atoms with van der Waals surface area (Å²) in [5.41, 5.74) is 0.952. The predicted octanol–water partition coefficient (Wildman–Crippen LogP) is 5.02. The van der Waals surface area contributed by atoms with Gasteiger partial charge in [-0.15, -0.1) is 0 Å². The van der Waals surface area contributed by atoms with Crippen LogP contribution in [0.1, 0.15) is 70.3 Å². The summed E-state index contributed by atoms with van der Waals surface area (Å²) in [5.74, 6) is 0.378. The average Bonchev–Trinajstić information content (AvgIpc) is 2.59. The minimum absolute atomic E-state index is 0.110. The van der Waals surface area contributed by atoms with Crippen molar-refractivity contribution in [2.45, 2.75) is 71.1 Å². The molecule has 0 bridgehead atoms. The maximum absolute atomic E-state index is 11.7. The van der Waals surface area contributed by atoms with Crippen molar-refractivity contribution >= 4 is 5.97 Å². The zero-order valence-electron chi connectivity index (χ0n) is 15.2. The number of hydrogen-bond acceptors (Lipinski definition) is 4. The smallest absolute Gasteiger partial charge is 0.306 e. The molecular formula is C20H32O4. The lowest BCUT2D eigenvalue weighted by atomic mass is 10.1. The monoisotopic (exact) mass is 336 g/mol. The molecule has 0 radical (unpaired) electrons. The number of benzene rings is 1. The molecule has 0 aliphatic heterocycles. The van der Waals surface area contributed by atoms with Crippen LogP contribution in [0.15, 0.2) is 18.2 Å². The van der Waals surface area contributed by atoms with E-state index in [1.54, 1.807) is 18.2 Å². The number of carbonyl (C=O) groups is 1. The van der Waals surface area contributed by atoms with E-state index in [0.29, 0.717) is 25.2 Å². The topological polar surface area (TPSA) is 55.8 Å². The average molecular weight is 336 g/mol. The zero-order chi connectivity index (χ0) is 17.6. The molecular weight excluding hydrogens is 304 g/mol. The number of phenols is 1. The van der Waals surface area contributed by atoms with Crippen molar-refractivity contribution in [1.29, 1.82) is 0 Å². The highest BCUT2D eigenvalue weighted by Gasteiger charge is 2.06. The number of aromatic hydroxyl groups is 1. The molecule has 1 aromatic rings. The van der Waals surface area contributed by atoms with Crippen LogP contribution in [0.5, 0.6) is 11.5 Å². The van der Waals surface area contributed by atoms with Crippen LogP contribution in [0.3, 0.4) is 0 Å². The van der Waals surface area contributed by atoms with Crippen LogP contribution in [0, 0.1) is 0 Å². The van der Waals surface area contributed by atoms with E-state index in [1.807, 2.05) is 0 Å². The van der Waals surface area contributed by atoms with Gasteiger partial charge in [-0.05, 0) is 30.5 Å². The maximum atomic E-state index is 11.7. The van der Waals surface area contributed by atoms with Gasteiger partial charge in [-0.1, -0.05) is 57.9 Å². The molecule has 0 aromatic heterocycles. The SMILES string of the molecule is CCCCCCCCCCOC(=O)CCc1ccc(O)c(OC)c1. The summed E-state index contributed by atoms with van der Waals surface area (Å²) >= 11 is 0. The van der Waals surface area contributed by atoms with E-state index in [9.17, 15) is 9.90 Å². The molecule has 0 saturated heterocycles. The standard InChI is InChI=1S/C20H32O4/c1-3-4-5-6-7-8-9-10-15-24-20(22)14-12-17-11-13-18(21)19(16-17)23-2/h11,13,16,21H,3-10,12,14-15H2,1-2H3. The van der Waals surface area contributed by atoms with Gasteiger partial charge in [0, 0.05) is 6.42 Å². The zero-order valence-corrected chi connectivity index (χ0v) is 15.2. The van der Waals surface area contributed by atoms with Crippen LogP contribution >= 0.6 is 0 Å². The highest BCUT2D eigenvalue weighted by Crippen LogP contribution is 2.26. The molecule has 0 fully saturated rings. The lowest BCUT2D eigenvalue weighted by molar-refractivity contribution is -0.143. The van der Waals surface area contributed by atoms with E-state index in [4.69, 9.17) is 9.47 Å². The second kappa shape index (κ2) is 12.7. The van der Waals surface area contributed by atoms with Gasteiger partial charge < -0.3 is 14.6 Å². The third-order valence-electron chi connectivity index (χ3n) is 4.12. The van der Waals surface area contributed by atoms with Gasteiger partial charge in [0.1, 0.15) is 0 Å². The molecule has 0 saturated carbocycles. The Labute approximate surface area is 146 Å². The minimum Gasteiger partial charge on any atom is -0.504 e. The fourth-order valence-electron chi connectivity index (χ4n) is 2.62. The van der Waals surface area contributed by atoms with E-state index in [1.165, 1.54) is 45.6 Å². The summed E-state index contributed by atoms with van der Waals surface area (Å²) in [5, 5.41) is 9.54. The summed E-state index contributed by atoms with van der Waals surface area (Å²) in [4.78, 5) is 11.7. The summed E-state index contributed by atoms with van der Waals surface area (Å²) in [6, 6.07) is 5.13. The van der Waals surface area contributed by atoms with Gasteiger partial charge in [-0.3, -0.25) is 4.79 Å². The fraction of sp³-hybridized carbons (Fsp3) is 0.650. The minimum atomic E-state index is -0.162. The fourth-order valence-corrected chi connectivity index (χ4v) is 2.62. The van der Waals surface area contributed by atoms with E-state index < -0.39 is 0 Å². The van der Waals surface area contributed by atoms with Gasteiger partial charge in [0.05, 0.1) is 13.7 Å². The van der Waals surface area contributed by atoms with Crippen molar-refractivity contribution in [3.63, 3.8) is 0 Å². The molecule has 136 valence electrons. The Balaban J connectivity index is 2.06. The number of esters is 1. The Morgan fingerprint density at radius 2 is 1.71 bits per heavy atom. The molecule has 1 rings (SSSR count). The highest BCUT2D eigenvalue weighted by atomic mass is 16.5. The lowest BCUT2D eigenvalue weighted by Gasteiger charge is -2.07. The van der Waals surface area contributed by atoms with E-state index in [0.717, 1.165) is 18.4 Å². The van der Waals surface area contributed by atoms with Gasteiger partial charge in [-0.25, -0.2) is 0 Å². The first kappa shape index (κ1) is 20.3. The second-order valence-electron chi connectivity index (χ2n) is 6.20. The first-order valence-corrected chi connectivity index (χ1v) is 9.19. The van der Waals surface area contributed by atoms with Crippen molar-refractivity contribution in [3.05, 3.63) is 23.8 Å². The van der Waals surface area contributed by atoms with Crippen molar-refractivity contribution in [3.8, 4) is 11.5 Å². The molecule has 0 aliphatic rings. The van der Waals surface area contributed by atoms with Gasteiger partial charge >= 0.3 is 5.97 Å². The Morgan fingerprint density at radius 3 is 2.38 bits per heavy atom. The second-order valence-corrected chi connectivity index (χ2v) is 6.20. The van der Waals surface area contributed by atoms with Crippen LogP contribution in [0.25, 0.3) is 0 Å². The molecule has 24 heavy (non-hydrogen) atoms. The molecule has 0 aliphatic carbocycles. The van der Waals surface area contributed by atoms with Gasteiger partial charge in [-0.2, -0.15) is 0 Å². The quantitative estimate of drug-likeness (QED) is 0.406. The molecule has 0 heterocycles. The maximum Gasteiger partial charge on any atom is 0.306 e. The van der Waals surface area contributed by atoms with Crippen LogP contribution in [0.4, 0.5) is 0 Å². The number of methoxy groups -OCH3 is 1. The van der Waals surface area contributed by atoms with Gasteiger partial charge in [0.15, 0.2) is 11.5 Å². The number of hydrogen-bond donors (Lipinski definition) is 1. The van der Waals surface area contributed by atoms with Crippen LogP contribution < -0.4 is 4.74 Å². The lowest BCUT2D eigenvalue weighted by Crippen LogP contribution is -2.07.